The predicted molar refractivity (Wildman–Crippen MR) is 117 cm³/mol. The summed E-state index contributed by atoms with van der Waals surface area (Å²) >= 11 is 0. The summed E-state index contributed by atoms with van der Waals surface area (Å²) in [5.41, 5.74) is 1.31. The molecule has 1 aliphatic heterocycles. The third-order valence-corrected chi connectivity index (χ3v) is 5.12. The van der Waals surface area contributed by atoms with Gasteiger partial charge in [0.1, 0.15) is 5.75 Å². The number of nitrogens with one attached hydrogen (secondary N) is 2. The molecule has 0 saturated carbocycles. The molecule has 2 aromatic rings. The Bertz CT molecular complexity index is 807. The lowest BCUT2D eigenvalue weighted by molar-refractivity contribution is -0.122. The van der Waals surface area contributed by atoms with Crippen molar-refractivity contribution >= 4 is 24.3 Å². The van der Waals surface area contributed by atoms with Crippen LogP contribution in [0, 0.1) is 0 Å². The zero-order chi connectivity index (χ0) is 20.3. The minimum Gasteiger partial charge on any atom is -0.481 e. The van der Waals surface area contributed by atoms with Crippen LogP contribution in [0.5, 0.6) is 5.75 Å². The van der Waals surface area contributed by atoms with E-state index in [1.807, 2.05) is 24.3 Å². The van der Waals surface area contributed by atoms with E-state index in [1.165, 1.54) is 5.56 Å². The topological polar surface area (TPSA) is 81.1 Å². The monoisotopic (exact) mass is 421 g/mol. The second kappa shape index (κ2) is 9.59. The number of halogens is 1. The fourth-order valence-electron chi connectivity index (χ4n) is 3.27. The van der Waals surface area contributed by atoms with E-state index >= 15 is 0 Å². The lowest BCUT2D eigenvalue weighted by atomic mass is 9.87. The molecule has 1 aliphatic rings. The number of amides is 1. The van der Waals surface area contributed by atoms with Crippen molar-refractivity contribution in [3.05, 3.63) is 35.7 Å². The minimum atomic E-state index is -0.639. The average Bonchev–Trinajstić information content (AvgIpc) is 3.02. The zero-order valence-corrected chi connectivity index (χ0v) is 18.7. The van der Waals surface area contributed by atoms with Crippen molar-refractivity contribution in [1.29, 1.82) is 0 Å². The number of rotatable bonds is 5. The Morgan fingerprint density at radius 3 is 2.45 bits per heavy atom. The van der Waals surface area contributed by atoms with Crippen molar-refractivity contribution in [3.8, 4) is 5.75 Å². The predicted octanol–water partition coefficient (Wildman–Crippen LogP) is 3.41. The van der Waals surface area contributed by atoms with Gasteiger partial charge in [-0.2, -0.15) is 10.1 Å². The van der Waals surface area contributed by atoms with Crippen molar-refractivity contribution in [1.82, 2.24) is 20.1 Å². The minimum absolute atomic E-state index is 0. The fraction of sp³-hybridized carbons (Fsp3) is 0.571. The summed E-state index contributed by atoms with van der Waals surface area (Å²) in [5.74, 6) is 2.02. The first-order valence-corrected chi connectivity index (χ1v) is 9.94. The smallest absolute Gasteiger partial charge is 0.267 e. The standard InChI is InChI=1S/C21H31N5O2.ClH/c1-14(28-17-8-6-16(7-9-17)21(2,3)4)19(27)24-20-23-18(25-26(20)5)15-10-12-22-13-11-15;/h6-9,14-15,22H,10-13H2,1-5H3,(H,23,24,25,27);1H. The number of benzene rings is 1. The molecule has 160 valence electrons. The van der Waals surface area contributed by atoms with Crippen LogP contribution in [-0.2, 0) is 17.3 Å². The summed E-state index contributed by atoms with van der Waals surface area (Å²) in [6.07, 6.45) is 1.39. The normalized spacial score (nSPS) is 16.0. The van der Waals surface area contributed by atoms with Crippen molar-refractivity contribution in [2.24, 2.45) is 7.05 Å². The first-order chi connectivity index (χ1) is 13.2. The fourth-order valence-corrected chi connectivity index (χ4v) is 3.27. The molecule has 1 saturated heterocycles. The van der Waals surface area contributed by atoms with Crippen LogP contribution in [-0.4, -0.2) is 39.9 Å². The van der Waals surface area contributed by atoms with E-state index in [9.17, 15) is 4.79 Å². The molecule has 2 N–H and O–H groups in total. The van der Waals surface area contributed by atoms with Gasteiger partial charge >= 0.3 is 0 Å². The number of aromatic nitrogens is 3. The molecule has 2 heterocycles. The SMILES string of the molecule is CC(Oc1ccc(C(C)(C)C)cc1)C(=O)Nc1nc(C2CCNCC2)nn1C.Cl. The van der Waals surface area contributed by atoms with Crippen LogP contribution in [0.15, 0.2) is 24.3 Å². The number of hydrogen-bond acceptors (Lipinski definition) is 5. The number of piperidine rings is 1. The number of anilines is 1. The van der Waals surface area contributed by atoms with Crippen LogP contribution in [0.25, 0.3) is 0 Å². The van der Waals surface area contributed by atoms with Gasteiger partial charge < -0.3 is 10.1 Å². The highest BCUT2D eigenvalue weighted by Gasteiger charge is 2.23. The molecule has 29 heavy (non-hydrogen) atoms. The maximum absolute atomic E-state index is 12.6. The van der Waals surface area contributed by atoms with E-state index in [1.54, 1.807) is 18.7 Å². The number of aryl methyl sites for hydroxylation is 1. The number of carbonyl (C=O) groups is 1. The number of ether oxygens (including phenoxy) is 1. The second-order valence-corrected chi connectivity index (χ2v) is 8.47. The van der Waals surface area contributed by atoms with Gasteiger partial charge in [0.25, 0.3) is 5.91 Å². The Hall–Kier alpha value is -2.12. The van der Waals surface area contributed by atoms with Gasteiger partial charge in [-0.25, -0.2) is 4.68 Å². The van der Waals surface area contributed by atoms with Crippen molar-refractivity contribution in [2.45, 2.75) is 58.0 Å². The summed E-state index contributed by atoms with van der Waals surface area (Å²) in [6, 6.07) is 7.88. The Morgan fingerprint density at radius 1 is 1.24 bits per heavy atom. The van der Waals surface area contributed by atoms with E-state index in [0.29, 0.717) is 17.6 Å². The van der Waals surface area contributed by atoms with Gasteiger partial charge in [0.05, 0.1) is 0 Å². The molecule has 0 aliphatic carbocycles. The van der Waals surface area contributed by atoms with Gasteiger partial charge in [0.15, 0.2) is 11.9 Å². The maximum Gasteiger partial charge on any atom is 0.267 e. The Balaban J connectivity index is 0.00000300. The summed E-state index contributed by atoms with van der Waals surface area (Å²) in [4.78, 5) is 17.1. The van der Waals surface area contributed by atoms with Crippen molar-refractivity contribution < 1.29 is 9.53 Å². The van der Waals surface area contributed by atoms with Crippen LogP contribution < -0.4 is 15.4 Å². The molecule has 0 radical (unpaired) electrons. The molecule has 1 atom stereocenters. The third kappa shape index (κ3) is 5.93. The zero-order valence-electron chi connectivity index (χ0n) is 17.9. The number of carbonyl (C=O) groups excluding carboxylic acids is 1. The molecule has 7 nitrogen and oxygen atoms in total. The van der Waals surface area contributed by atoms with Gasteiger partial charge in [0.2, 0.25) is 5.95 Å². The van der Waals surface area contributed by atoms with Crippen LogP contribution in [0.1, 0.15) is 57.8 Å². The Kier molecular flexibility index (Phi) is 7.66. The lowest BCUT2D eigenvalue weighted by Crippen LogP contribution is -2.31. The Labute approximate surface area is 179 Å². The van der Waals surface area contributed by atoms with Gasteiger partial charge in [0, 0.05) is 13.0 Å². The van der Waals surface area contributed by atoms with E-state index in [4.69, 9.17) is 4.74 Å². The highest BCUT2D eigenvalue weighted by Crippen LogP contribution is 2.25. The molecule has 0 spiro atoms. The van der Waals surface area contributed by atoms with Crippen molar-refractivity contribution in [3.63, 3.8) is 0 Å². The highest BCUT2D eigenvalue weighted by atomic mass is 35.5. The number of hydrogen-bond donors (Lipinski definition) is 2. The molecule has 1 fully saturated rings. The van der Waals surface area contributed by atoms with E-state index in [2.05, 4.69) is 41.5 Å². The van der Waals surface area contributed by atoms with Crippen LogP contribution in [0.2, 0.25) is 0 Å². The highest BCUT2D eigenvalue weighted by molar-refractivity contribution is 5.92. The largest absolute Gasteiger partial charge is 0.481 e. The van der Waals surface area contributed by atoms with Gasteiger partial charge in [-0.1, -0.05) is 32.9 Å². The molecule has 1 unspecified atom stereocenters. The van der Waals surface area contributed by atoms with E-state index in [0.717, 1.165) is 31.8 Å². The first kappa shape index (κ1) is 23.2. The van der Waals surface area contributed by atoms with Crippen molar-refractivity contribution in [2.75, 3.05) is 18.4 Å². The maximum atomic E-state index is 12.6. The summed E-state index contributed by atoms with van der Waals surface area (Å²) in [7, 11) is 1.80. The lowest BCUT2D eigenvalue weighted by Gasteiger charge is -2.20. The van der Waals surface area contributed by atoms with Gasteiger partial charge in [-0.15, -0.1) is 12.4 Å². The molecule has 3 rings (SSSR count). The number of nitrogens with zero attached hydrogens (tertiary/aromatic N) is 3. The van der Waals surface area contributed by atoms with Crippen LogP contribution >= 0.6 is 12.4 Å². The first-order valence-electron chi connectivity index (χ1n) is 9.94. The molecule has 8 heteroatoms. The average molecular weight is 422 g/mol. The van der Waals surface area contributed by atoms with Gasteiger partial charge in [-0.3, -0.25) is 10.1 Å². The summed E-state index contributed by atoms with van der Waals surface area (Å²) in [5, 5.41) is 10.7. The Morgan fingerprint density at radius 2 is 1.86 bits per heavy atom. The molecular formula is C21H32ClN5O2. The molecule has 1 aromatic carbocycles. The van der Waals surface area contributed by atoms with Crippen LogP contribution in [0.4, 0.5) is 5.95 Å². The molecular weight excluding hydrogens is 390 g/mol. The molecule has 0 bridgehead atoms. The second-order valence-electron chi connectivity index (χ2n) is 8.47. The molecule has 1 aromatic heterocycles. The quantitative estimate of drug-likeness (QED) is 0.773. The molecule has 1 amide bonds. The summed E-state index contributed by atoms with van der Waals surface area (Å²) < 4.78 is 7.43. The van der Waals surface area contributed by atoms with Gasteiger partial charge in [-0.05, 0) is 56.0 Å². The van der Waals surface area contributed by atoms with Crippen LogP contribution in [0.3, 0.4) is 0 Å². The van der Waals surface area contributed by atoms with E-state index < -0.39 is 6.10 Å². The third-order valence-electron chi connectivity index (χ3n) is 5.12. The summed E-state index contributed by atoms with van der Waals surface area (Å²) in [6.45, 7) is 10.2. The van der Waals surface area contributed by atoms with E-state index in [-0.39, 0.29) is 23.7 Å².